The Labute approximate surface area is 158 Å². The molecule has 3 N–H and O–H groups in total. The van der Waals surface area contributed by atoms with Gasteiger partial charge in [0.25, 0.3) is 0 Å². The second-order valence-corrected chi connectivity index (χ2v) is 6.14. The number of amides is 1. The van der Waals surface area contributed by atoms with E-state index in [4.69, 9.17) is 5.73 Å². The van der Waals surface area contributed by atoms with Gasteiger partial charge in [0.15, 0.2) is 5.69 Å². The molecule has 0 saturated heterocycles. The number of rotatable bonds is 6. The van der Waals surface area contributed by atoms with Crippen LogP contribution in [0.5, 0.6) is 0 Å². The minimum atomic E-state index is -4.50. The molecule has 0 spiro atoms. The van der Waals surface area contributed by atoms with Gasteiger partial charge in [-0.2, -0.15) is 13.2 Å². The van der Waals surface area contributed by atoms with Gasteiger partial charge < -0.3 is 10.3 Å². The van der Waals surface area contributed by atoms with Crippen LogP contribution in [0.4, 0.5) is 13.2 Å². The molecule has 0 aliphatic heterocycles. The molecular weight excluding hydrogens is 373 g/mol. The number of aromatic nitrogens is 4. The molecular formula is C18H17F3N6O. The molecule has 146 valence electrons. The van der Waals surface area contributed by atoms with Gasteiger partial charge in [0.05, 0.1) is 0 Å². The fourth-order valence-electron chi connectivity index (χ4n) is 2.71. The fraction of sp³-hybridized carbons (Fsp3) is 0.222. The van der Waals surface area contributed by atoms with Crippen LogP contribution < -0.4 is 11.1 Å². The normalized spacial score (nSPS) is 12.7. The van der Waals surface area contributed by atoms with Crippen molar-refractivity contribution < 1.29 is 18.0 Å². The topological polar surface area (TPSA) is 98.7 Å². The molecule has 0 fully saturated rings. The second kappa shape index (κ2) is 7.77. The van der Waals surface area contributed by atoms with E-state index in [0.29, 0.717) is 17.7 Å². The highest BCUT2D eigenvalue weighted by Crippen LogP contribution is 2.30. The van der Waals surface area contributed by atoms with Crippen molar-refractivity contribution in [1.29, 1.82) is 0 Å². The van der Waals surface area contributed by atoms with Crippen LogP contribution in [0.3, 0.4) is 0 Å². The van der Waals surface area contributed by atoms with Crippen molar-refractivity contribution in [2.75, 3.05) is 0 Å². The standard InChI is InChI=1S/C18H17F3N6O/c1-27-9-14(18(19,20)21)26-17(27)12-4-2-11(3-5-12)6-25-15(16(22)28)13-7-23-10-24-8-13/h2-5,7-10,15,25H,6H2,1H3,(H2,22,28). The SMILES string of the molecule is Cn1cc(C(F)(F)F)nc1-c1ccc(CNC(C(N)=O)c2cncnc2)cc1. The maximum Gasteiger partial charge on any atom is 0.434 e. The Balaban J connectivity index is 1.73. The van der Waals surface area contributed by atoms with E-state index in [1.54, 1.807) is 24.3 Å². The summed E-state index contributed by atoms with van der Waals surface area (Å²) in [6.45, 7) is 0.317. The number of carbonyl (C=O) groups excluding carboxylic acids is 1. The summed E-state index contributed by atoms with van der Waals surface area (Å²) < 4.78 is 39.8. The van der Waals surface area contributed by atoms with E-state index in [2.05, 4.69) is 20.3 Å². The first-order valence-corrected chi connectivity index (χ1v) is 8.23. The van der Waals surface area contributed by atoms with Crippen LogP contribution in [0.15, 0.2) is 49.2 Å². The van der Waals surface area contributed by atoms with Crippen LogP contribution in [0.25, 0.3) is 11.4 Å². The first-order valence-electron chi connectivity index (χ1n) is 8.23. The average Bonchev–Trinajstić information content (AvgIpc) is 3.05. The molecule has 1 unspecified atom stereocenters. The van der Waals surface area contributed by atoms with Gasteiger partial charge >= 0.3 is 6.18 Å². The zero-order valence-corrected chi connectivity index (χ0v) is 14.8. The molecule has 2 aromatic heterocycles. The molecule has 1 aromatic carbocycles. The largest absolute Gasteiger partial charge is 0.434 e. The molecule has 0 bridgehead atoms. The number of nitrogens with two attached hydrogens (primary N) is 1. The van der Waals surface area contributed by atoms with Crippen LogP contribution in [-0.4, -0.2) is 25.4 Å². The Bertz CT molecular complexity index is 954. The Hall–Kier alpha value is -3.27. The summed E-state index contributed by atoms with van der Waals surface area (Å²) in [6, 6.07) is 6.06. The fourth-order valence-corrected chi connectivity index (χ4v) is 2.71. The molecule has 1 atom stereocenters. The van der Waals surface area contributed by atoms with Gasteiger partial charge in [-0.3, -0.25) is 10.1 Å². The Kier molecular flexibility index (Phi) is 5.41. The zero-order valence-electron chi connectivity index (χ0n) is 14.8. The highest BCUT2D eigenvalue weighted by atomic mass is 19.4. The quantitative estimate of drug-likeness (QED) is 0.672. The summed E-state index contributed by atoms with van der Waals surface area (Å²) in [5.74, 6) is -0.359. The predicted molar refractivity (Wildman–Crippen MR) is 94.5 cm³/mol. The van der Waals surface area contributed by atoms with E-state index in [9.17, 15) is 18.0 Å². The third-order valence-corrected chi connectivity index (χ3v) is 4.09. The average molecular weight is 390 g/mol. The smallest absolute Gasteiger partial charge is 0.368 e. The number of imidazole rings is 1. The van der Waals surface area contributed by atoms with E-state index in [0.717, 1.165) is 11.8 Å². The van der Waals surface area contributed by atoms with Gasteiger partial charge in [0.2, 0.25) is 5.91 Å². The molecule has 0 aliphatic carbocycles. The van der Waals surface area contributed by atoms with Crippen molar-refractivity contribution in [3.05, 3.63) is 66.0 Å². The maximum atomic E-state index is 12.8. The van der Waals surface area contributed by atoms with Crippen LogP contribution in [0, 0.1) is 0 Å². The van der Waals surface area contributed by atoms with Crippen LogP contribution >= 0.6 is 0 Å². The molecule has 7 nitrogen and oxygen atoms in total. The Morgan fingerprint density at radius 2 is 1.86 bits per heavy atom. The number of aryl methyl sites for hydroxylation is 1. The van der Waals surface area contributed by atoms with Crippen LogP contribution in [0.1, 0.15) is 22.9 Å². The van der Waals surface area contributed by atoms with Crippen LogP contribution in [0.2, 0.25) is 0 Å². The molecule has 28 heavy (non-hydrogen) atoms. The summed E-state index contributed by atoms with van der Waals surface area (Å²) in [5, 5.41) is 3.02. The molecule has 10 heteroatoms. The van der Waals surface area contributed by atoms with Gasteiger partial charge in [0.1, 0.15) is 18.2 Å². The number of nitrogens with one attached hydrogen (secondary N) is 1. The van der Waals surface area contributed by atoms with E-state index in [1.807, 2.05) is 0 Å². The first-order chi connectivity index (χ1) is 13.3. The number of alkyl halides is 3. The molecule has 3 rings (SSSR count). The van der Waals surface area contributed by atoms with E-state index < -0.39 is 23.8 Å². The van der Waals surface area contributed by atoms with Crippen molar-refractivity contribution in [3.8, 4) is 11.4 Å². The van der Waals surface area contributed by atoms with Crippen molar-refractivity contribution in [2.45, 2.75) is 18.8 Å². The minimum Gasteiger partial charge on any atom is -0.368 e. The lowest BCUT2D eigenvalue weighted by Gasteiger charge is -2.15. The summed E-state index contributed by atoms with van der Waals surface area (Å²) in [5.41, 5.74) is 6.39. The number of halogens is 3. The number of carbonyl (C=O) groups is 1. The van der Waals surface area contributed by atoms with Crippen molar-refractivity contribution >= 4 is 5.91 Å². The van der Waals surface area contributed by atoms with Gasteiger partial charge in [-0.1, -0.05) is 24.3 Å². The van der Waals surface area contributed by atoms with Gasteiger partial charge in [-0.25, -0.2) is 15.0 Å². The number of benzene rings is 1. The van der Waals surface area contributed by atoms with Gasteiger partial charge in [-0.15, -0.1) is 0 Å². The summed E-state index contributed by atoms with van der Waals surface area (Å²) in [6.07, 6.45) is 0.798. The van der Waals surface area contributed by atoms with Gasteiger partial charge in [-0.05, 0) is 5.56 Å². The summed E-state index contributed by atoms with van der Waals surface area (Å²) in [4.78, 5) is 23.1. The molecule has 0 saturated carbocycles. The first kappa shape index (κ1) is 19.5. The predicted octanol–water partition coefficient (Wildman–Crippen LogP) is 2.21. The monoisotopic (exact) mass is 390 g/mol. The number of hydrogen-bond donors (Lipinski definition) is 2. The lowest BCUT2D eigenvalue weighted by Crippen LogP contribution is -2.33. The second-order valence-electron chi connectivity index (χ2n) is 6.14. The van der Waals surface area contributed by atoms with Crippen LogP contribution in [-0.2, 0) is 24.6 Å². The van der Waals surface area contributed by atoms with E-state index >= 15 is 0 Å². The lowest BCUT2D eigenvalue weighted by atomic mass is 10.1. The minimum absolute atomic E-state index is 0.211. The maximum absolute atomic E-state index is 12.8. The summed E-state index contributed by atoms with van der Waals surface area (Å²) in [7, 11) is 1.51. The third-order valence-electron chi connectivity index (χ3n) is 4.09. The number of hydrogen-bond acceptors (Lipinski definition) is 5. The van der Waals surface area contributed by atoms with E-state index in [1.165, 1.54) is 30.3 Å². The summed E-state index contributed by atoms with van der Waals surface area (Å²) >= 11 is 0. The van der Waals surface area contributed by atoms with E-state index in [-0.39, 0.29) is 5.82 Å². The van der Waals surface area contributed by atoms with Crippen molar-refractivity contribution in [2.24, 2.45) is 12.8 Å². The zero-order chi connectivity index (χ0) is 20.3. The molecule has 0 aliphatic rings. The molecule has 1 amide bonds. The molecule has 3 aromatic rings. The highest BCUT2D eigenvalue weighted by molar-refractivity contribution is 5.81. The number of primary amides is 1. The Morgan fingerprint density at radius 3 is 2.39 bits per heavy atom. The molecule has 0 radical (unpaired) electrons. The third kappa shape index (κ3) is 4.34. The Morgan fingerprint density at radius 1 is 1.21 bits per heavy atom. The van der Waals surface area contributed by atoms with Gasteiger partial charge in [0, 0.05) is 43.3 Å². The number of nitrogens with zero attached hydrogens (tertiary/aromatic N) is 4. The molecule has 2 heterocycles. The highest BCUT2D eigenvalue weighted by Gasteiger charge is 2.34. The van der Waals surface area contributed by atoms with Crippen molar-refractivity contribution in [1.82, 2.24) is 24.8 Å². The van der Waals surface area contributed by atoms with Crippen molar-refractivity contribution in [3.63, 3.8) is 0 Å². The lowest BCUT2D eigenvalue weighted by molar-refractivity contribution is -0.140.